The number of hydrogen-bond donors (Lipinski definition) is 2. The molecule has 166 valence electrons. The van der Waals surface area contributed by atoms with Gasteiger partial charge < -0.3 is 10.6 Å². The Balaban J connectivity index is 1.31. The SMILES string of the molecule is CN(Cc1ccc(NC(=O)NCc2cccnc2)cc1)Cc1ccccc1-c1ccccc1. The van der Waals surface area contributed by atoms with Gasteiger partial charge in [0.25, 0.3) is 0 Å². The second kappa shape index (κ2) is 11.1. The first-order chi connectivity index (χ1) is 16.2. The molecule has 0 aliphatic heterocycles. The van der Waals surface area contributed by atoms with Gasteiger partial charge in [-0.3, -0.25) is 9.88 Å². The molecular formula is C28H28N4O. The maximum absolute atomic E-state index is 12.1. The summed E-state index contributed by atoms with van der Waals surface area (Å²) in [6, 6.07) is 30.6. The van der Waals surface area contributed by atoms with Crippen LogP contribution >= 0.6 is 0 Å². The summed E-state index contributed by atoms with van der Waals surface area (Å²) in [4.78, 5) is 18.5. The van der Waals surface area contributed by atoms with Gasteiger partial charge in [-0.1, -0.05) is 72.8 Å². The molecule has 2 amide bonds. The van der Waals surface area contributed by atoms with E-state index in [1.165, 1.54) is 22.3 Å². The molecule has 3 aromatic carbocycles. The average Bonchev–Trinajstić information content (AvgIpc) is 2.85. The van der Waals surface area contributed by atoms with Crippen molar-refractivity contribution in [1.82, 2.24) is 15.2 Å². The number of amides is 2. The Labute approximate surface area is 195 Å². The molecule has 5 heteroatoms. The van der Waals surface area contributed by atoms with E-state index in [1.807, 2.05) is 30.3 Å². The predicted octanol–water partition coefficient (Wildman–Crippen LogP) is 5.70. The highest BCUT2D eigenvalue weighted by Gasteiger charge is 2.08. The Hall–Kier alpha value is -3.96. The minimum atomic E-state index is -0.235. The van der Waals surface area contributed by atoms with Gasteiger partial charge in [-0.05, 0) is 53.1 Å². The molecule has 0 radical (unpaired) electrons. The van der Waals surface area contributed by atoms with Gasteiger partial charge in [-0.15, -0.1) is 0 Å². The summed E-state index contributed by atoms with van der Waals surface area (Å²) < 4.78 is 0. The summed E-state index contributed by atoms with van der Waals surface area (Å²) >= 11 is 0. The van der Waals surface area contributed by atoms with Crippen molar-refractivity contribution < 1.29 is 4.79 Å². The Bertz CT molecular complexity index is 1160. The van der Waals surface area contributed by atoms with Crippen LogP contribution in [0.4, 0.5) is 10.5 Å². The van der Waals surface area contributed by atoms with E-state index < -0.39 is 0 Å². The standard InChI is InChI=1S/C28H28N4O/c1-32(21-25-11-5-6-12-27(25)24-9-3-2-4-10-24)20-22-13-15-26(16-14-22)31-28(33)30-19-23-8-7-17-29-18-23/h2-18H,19-21H2,1H3,(H2,30,31,33). The second-order valence-electron chi connectivity index (χ2n) is 8.06. The number of rotatable bonds is 8. The summed E-state index contributed by atoms with van der Waals surface area (Å²) in [7, 11) is 2.12. The first-order valence-corrected chi connectivity index (χ1v) is 11.0. The number of urea groups is 1. The van der Waals surface area contributed by atoms with Gasteiger partial charge in [0.2, 0.25) is 0 Å². The molecule has 0 bridgehead atoms. The fourth-order valence-corrected chi connectivity index (χ4v) is 3.77. The lowest BCUT2D eigenvalue weighted by Crippen LogP contribution is -2.28. The van der Waals surface area contributed by atoms with Crippen molar-refractivity contribution >= 4 is 11.7 Å². The number of carbonyl (C=O) groups is 1. The molecule has 0 fully saturated rings. The van der Waals surface area contributed by atoms with Crippen molar-refractivity contribution in [2.75, 3.05) is 12.4 Å². The molecule has 0 saturated heterocycles. The van der Waals surface area contributed by atoms with Crippen LogP contribution in [-0.2, 0) is 19.6 Å². The topological polar surface area (TPSA) is 57.3 Å². The summed E-state index contributed by atoms with van der Waals surface area (Å²) in [6.07, 6.45) is 3.45. The second-order valence-corrected chi connectivity index (χ2v) is 8.06. The molecule has 4 aromatic rings. The van der Waals surface area contributed by atoms with E-state index in [-0.39, 0.29) is 6.03 Å². The molecule has 33 heavy (non-hydrogen) atoms. The molecule has 0 aliphatic rings. The van der Waals surface area contributed by atoms with Crippen LogP contribution in [-0.4, -0.2) is 23.0 Å². The van der Waals surface area contributed by atoms with Gasteiger partial charge in [-0.2, -0.15) is 0 Å². The van der Waals surface area contributed by atoms with E-state index in [9.17, 15) is 4.79 Å². The van der Waals surface area contributed by atoms with Crippen molar-refractivity contribution in [3.63, 3.8) is 0 Å². The van der Waals surface area contributed by atoms with Crippen molar-refractivity contribution in [3.05, 3.63) is 120 Å². The van der Waals surface area contributed by atoms with Gasteiger partial charge in [0.15, 0.2) is 0 Å². The lowest BCUT2D eigenvalue weighted by molar-refractivity contribution is 0.251. The first kappa shape index (κ1) is 22.2. The highest BCUT2D eigenvalue weighted by atomic mass is 16.2. The maximum Gasteiger partial charge on any atom is 0.319 e. The third-order valence-corrected chi connectivity index (χ3v) is 5.38. The molecule has 2 N–H and O–H groups in total. The molecule has 1 aromatic heterocycles. The highest BCUT2D eigenvalue weighted by molar-refractivity contribution is 5.89. The summed E-state index contributed by atoms with van der Waals surface area (Å²) in [5, 5.41) is 5.72. The van der Waals surface area contributed by atoms with Crippen molar-refractivity contribution in [3.8, 4) is 11.1 Å². The summed E-state index contributed by atoms with van der Waals surface area (Å²) in [5.74, 6) is 0. The van der Waals surface area contributed by atoms with Crippen LogP contribution in [0, 0.1) is 0 Å². The Morgan fingerprint density at radius 3 is 2.33 bits per heavy atom. The van der Waals surface area contributed by atoms with E-state index in [1.54, 1.807) is 12.4 Å². The minimum absolute atomic E-state index is 0.235. The smallest absolute Gasteiger partial charge is 0.319 e. The molecule has 0 spiro atoms. The molecule has 0 aliphatic carbocycles. The van der Waals surface area contributed by atoms with Gasteiger partial charge in [0.1, 0.15) is 0 Å². The molecule has 0 atom stereocenters. The third-order valence-electron chi connectivity index (χ3n) is 5.38. The van der Waals surface area contributed by atoms with Crippen LogP contribution in [0.2, 0.25) is 0 Å². The van der Waals surface area contributed by atoms with Crippen molar-refractivity contribution in [1.29, 1.82) is 0 Å². The summed E-state index contributed by atoms with van der Waals surface area (Å²) in [6.45, 7) is 2.10. The number of benzene rings is 3. The lowest BCUT2D eigenvalue weighted by Gasteiger charge is -2.19. The average molecular weight is 437 g/mol. The van der Waals surface area contributed by atoms with E-state index in [4.69, 9.17) is 0 Å². The van der Waals surface area contributed by atoms with Gasteiger partial charge in [0, 0.05) is 37.7 Å². The minimum Gasteiger partial charge on any atom is -0.334 e. The van der Waals surface area contributed by atoms with Crippen LogP contribution in [0.5, 0.6) is 0 Å². The maximum atomic E-state index is 12.1. The normalized spacial score (nSPS) is 10.7. The van der Waals surface area contributed by atoms with Crippen LogP contribution in [0.15, 0.2) is 103 Å². The van der Waals surface area contributed by atoms with Crippen LogP contribution < -0.4 is 10.6 Å². The van der Waals surface area contributed by atoms with Gasteiger partial charge >= 0.3 is 6.03 Å². The van der Waals surface area contributed by atoms with E-state index in [0.29, 0.717) is 6.54 Å². The Morgan fingerprint density at radius 1 is 0.818 bits per heavy atom. The Morgan fingerprint density at radius 2 is 1.58 bits per heavy atom. The number of aromatic nitrogens is 1. The fraction of sp³-hybridized carbons (Fsp3) is 0.143. The van der Waals surface area contributed by atoms with Gasteiger partial charge in [-0.25, -0.2) is 4.79 Å². The molecule has 4 rings (SSSR count). The van der Waals surface area contributed by atoms with Crippen molar-refractivity contribution in [2.24, 2.45) is 0 Å². The fourth-order valence-electron chi connectivity index (χ4n) is 3.77. The zero-order valence-corrected chi connectivity index (χ0v) is 18.7. The number of nitrogens with zero attached hydrogens (tertiary/aromatic N) is 2. The quantitative estimate of drug-likeness (QED) is 0.372. The predicted molar refractivity (Wildman–Crippen MR) is 134 cm³/mol. The third kappa shape index (κ3) is 6.51. The van der Waals surface area contributed by atoms with E-state index in [2.05, 4.69) is 88.2 Å². The van der Waals surface area contributed by atoms with E-state index in [0.717, 1.165) is 24.3 Å². The lowest BCUT2D eigenvalue weighted by atomic mass is 9.99. The van der Waals surface area contributed by atoms with E-state index >= 15 is 0 Å². The molecule has 0 saturated carbocycles. The molecule has 1 heterocycles. The molecule has 5 nitrogen and oxygen atoms in total. The summed E-state index contributed by atoms with van der Waals surface area (Å²) in [5.41, 5.74) is 6.71. The monoisotopic (exact) mass is 436 g/mol. The first-order valence-electron chi connectivity index (χ1n) is 11.0. The van der Waals surface area contributed by atoms with Crippen molar-refractivity contribution in [2.45, 2.75) is 19.6 Å². The highest BCUT2D eigenvalue weighted by Crippen LogP contribution is 2.24. The van der Waals surface area contributed by atoms with Crippen LogP contribution in [0.25, 0.3) is 11.1 Å². The number of nitrogens with one attached hydrogen (secondary N) is 2. The Kier molecular flexibility index (Phi) is 7.46. The van der Waals surface area contributed by atoms with Gasteiger partial charge in [0.05, 0.1) is 0 Å². The largest absolute Gasteiger partial charge is 0.334 e. The molecular weight excluding hydrogens is 408 g/mol. The number of hydrogen-bond acceptors (Lipinski definition) is 3. The molecule has 0 unspecified atom stereocenters. The van der Waals surface area contributed by atoms with Crippen LogP contribution in [0.1, 0.15) is 16.7 Å². The van der Waals surface area contributed by atoms with Crippen LogP contribution in [0.3, 0.4) is 0 Å². The number of anilines is 1. The zero-order chi connectivity index (χ0) is 22.9. The number of pyridine rings is 1. The number of carbonyl (C=O) groups excluding carboxylic acids is 1. The zero-order valence-electron chi connectivity index (χ0n) is 18.7.